The van der Waals surface area contributed by atoms with Crippen LogP contribution >= 0.6 is 11.6 Å². The number of piperazine rings is 1. The maximum absolute atomic E-state index is 7.03. The van der Waals surface area contributed by atoms with E-state index >= 15 is 0 Å². The maximum atomic E-state index is 7.03. The summed E-state index contributed by atoms with van der Waals surface area (Å²) < 4.78 is 7.69. The van der Waals surface area contributed by atoms with Crippen LogP contribution in [0.3, 0.4) is 0 Å². The number of imidazole rings is 1. The molecule has 2 atom stereocenters. The molecule has 2 aliphatic heterocycles. The van der Waals surface area contributed by atoms with Crippen LogP contribution in [-0.4, -0.2) is 46.7 Å². The fourth-order valence-corrected chi connectivity index (χ4v) is 5.72. The summed E-state index contributed by atoms with van der Waals surface area (Å²) in [5, 5.41) is 8.16. The first-order valence-corrected chi connectivity index (χ1v) is 12.0. The molecule has 2 N–H and O–H groups in total. The van der Waals surface area contributed by atoms with Crippen LogP contribution in [0, 0.1) is 0 Å². The minimum absolute atomic E-state index is 0.0820. The fourth-order valence-electron chi connectivity index (χ4n) is 5.37. The molecular formula is C24H29ClN6O. The molecule has 3 fully saturated rings. The van der Waals surface area contributed by atoms with E-state index < -0.39 is 0 Å². The molecular weight excluding hydrogens is 424 g/mol. The number of halogens is 1. The molecule has 168 valence electrons. The van der Waals surface area contributed by atoms with Crippen molar-refractivity contribution in [1.82, 2.24) is 25.0 Å². The zero-order chi connectivity index (χ0) is 21.7. The molecule has 1 spiro atoms. The van der Waals surface area contributed by atoms with Crippen LogP contribution in [0.5, 0.6) is 5.75 Å². The Bertz CT molecular complexity index is 1140. The average Bonchev–Trinajstić information content (AvgIpc) is 3.50. The minimum atomic E-state index is 0.0820. The second-order valence-corrected chi connectivity index (χ2v) is 9.65. The van der Waals surface area contributed by atoms with Crippen molar-refractivity contribution in [3.63, 3.8) is 0 Å². The lowest BCUT2D eigenvalue weighted by atomic mass is 9.94. The molecule has 3 aromatic heterocycles. The first-order valence-electron chi connectivity index (χ1n) is 11.6. The van der Waals surface area contributed by atoms with Gasteiger partial charge in [-0.3, -0.25) is 9.38 Å². The van der Waals surface area contributed by atoms with Gasteiger partial charge in [-0.25, -0.2) is 4.98 Å². The van der Waals surface area contributed by atoms with E-state index in [-0.39, 0.29) is 12.1 Å². The number of hydrogen-bond acceptors (Lipinski definition) is 6. The van der Waals surface area contributed by atoms with Gasteiger partial charge in [0.15, 0.2) is 0 Å². The summed E-state index contributed by atoms with van der Waals surface area (Å²) in [5.74, 6) is 1.96. The van der Waals surface area contributed by atoms with Crippen LogP contribution in [0.1, 0.15) is 55.6 Å². The Morgan fingerprint density at radius 3 is 2.78 bits per heavy atom. The molecule has 1 aliphatic carbocycles. The smallest absolute Gasteiger partial charge is 0.141 e. The Kier molecular flexibility index (Phi) is 5.01. The van der Waals surface area contributed by atoms with Crippen molar-refractivity contribution in [3.8, 4) is 5.75 Å². The van der Waals surface area contributed by atoms with Crippen molar-refractivity contribution in [1.29, 1.82) is 0 Å². The van der Waals surface area contributed by atoms with Crippen LogP contribution < -0.4 is 20.3 Å². The summed E-state index contributed by atoms with van der Waals surface area (Å²) in [6, 6.07) is 10.4. The molecule has 0 aromatic carbocycles. The van der Waals surface area contributed by atoms with Crippen LogP contribution in [-0.2, 0) is 0 Å². The van der Waals surface area contributed by atoms with E-state index in [2.05, 4.69) is 43.1 Å². The van der Waals surface area contributed by atoms with E-state index in [4.69, 9.17) is 21.3 Å². The molecule has 2 saturated heterocycles. The lowest BCUT2D eigenvalue weighted by molar-refractivity contribution is 0.310. The average molecular weight is 453 g/mol. The van der Waals surface area contributed by atoms with Crippen molar-refractivity contribution in [2.75, 3.05) is 31.6 Å². The fraction of sp³-hybridized carbons (Fsp3) is 0.500. The Balaban J connectivity index is 1.33. The third-order valence-electron chi connectivity index (χ3n) is 7.21. The minimum Gasteiger partial charge on any atom is -0.495 e. The lowest BCUT2D eigenvalue weighted by Crippen LogP contribution is -2.53. The molecule has 1 saturated carbocycles. The molecule has 0 bridgehead atoms. The standard InChI is InChI=1S/C24H29ClN6O/c1-32-18-7-4-12-26-21(18)16-5-2-6-17(28-16)22-23(25)31-19(29-22)8-3-9-20(31)30-14-13-27-24(15-30)10-11-24/h3-4,7-9,12,16-17,27-28H,2,5-6,10-11,13-15H2,1H3/t16-,17+/m0/s1. The van der Waals surface area contributed by atoms with Gasteiger partial charge in [0.1, 0.15) is 22.4 Å². The summed E-state index contributed by atoms with van der Waals surface area (Å²) in [4.78, 5) is 12.1. The number of fused-ring (bicyclic) bond motifs is 1. The molecule has 0 amide bonds. The van der Waals surface area contributed by atoms with Gasteiger partial charge in [-0.05, 0) is 56.4 Å². The van der Waals surface area contributed by atoms with E-state index in [1.165, 1.54) is 12.8 Å². The summed E-state index contributed by atoms with van der Waals surface area (Å²) in [5.41, 5.74) is 3.09. The molecule has 6 rings (SSSR count). The van der Waals surface area contributed by atoms with Gasteiger partial charge in [0, 0.05) is 31.4 Å². The van der Waals surface area contributed by atoms with Gasteiger partial charge < -0.3 is 20.3 Å². The number of anilines is 1. The molecule has 5 heterocycles. The zero-order valence-corrected chi connectivity index (χ0v) is 19.1. The van der Waals surface area contributed by atoms with Crippen LogP contribution in [0.2, 0.25) is 5.15 Å². The van der Waals surface area contributed by atoms with Gasteiger partial charge >= 0.3 is 0 Å². The van der Waals surface area contributed by atoms with E-state index in [0.717, 1.165) is 67.5 Å². The van der Waals surface area contributed by atoms with Crippen molar-refractivity contribution < 1.29 is 4.74 Å². The molecule has 3 aliphatic rings. The molecule has 7 nitrogen and oxygen atoms in total. The second kappa shape index (κ2) is 7.90. The summed E-state index contributed by atoms with van der Waals surface area (Å²) >= 11 is 7.03. The topological polar surface area (TPSA) is 66.7 Å². The highest BCUT2D eigenvalue weighted by atomic mass is 35.5. The largest absolute Gasteiger partial charge is 0.495 e. The lowest BCUT2D eigenvalue weighted by Gasteiger charge is -2.36. The van der Waals surface area contributed by atoms with Crippen molar-refractivity contribution >= 4 is 23.1 Å². The van der Waals surface area contributed by atoms with Gasteiger partial charge in [0.05, 0.1) is 30.6 Å². The number of ether oxygens (including phenoxy) is 1. The maximum Gasteiger partial charge on any atom is 0.141 e. The first kappa shape index (κ1) is 20.3. The summed E-state index contributed by atoms with van der Waals surface area (Å²) in [6.07, 6.45) is 7.44. The molecule has 0 unspecified atom stereocenters. The SMILES string of the molecule is COc1cccnc1[C@@H]1CCC[C@H](c2nc3cccc(N4CCNC5(CC5)C4)n3c2Cl)N1. The highest BCUT2D eigenvalue weighted by Crippen LogP contribution is 2.41. The van der Waals surface area contributed by atoms with Crippen molar-refractivity contribution in [2.24, 2.45) is 0 Å². The van der Waals surface area contributed by atoms with Crippen LogP contribution in [0.4, 0.5) is 5.82 Å². The monoisotopic (exact) mass is 452 g/mol. The number of nitrogens with zero attached hydrogens (tertiary/aromatic N) is 4. The highest BCUT2D eigenvalue weighted by molar-refractivity contribution is 6.30. The molecule has 3 aromatic rings. The highest BCUT2D eigenvalue weighted by Gasteiger charge is 2.46. The molecule has 8 heteroatoms. The second-order valence-electron chi connectivity index (χ2n) is 9.29. The normalized spacial score (nSPS) is 24.8. The Labute approximate surface area is 193 Å². The van der Waals surface area contributed by atoms with Gasteiger partial charge in [-0.15, -0.1) is 0 Å². The van der Waals surface area contributed by atoms with Gasteiger partial charge in [-0.2, -0.15) is 0 Å². The van der Waals surface area contributed by atoms with Gasteiger partial charge in [0.25, 0.3) is 0 Å². The summed E-state index contributed by atoms with van der Waals surface area (Å²) in [7, 11) is 1.70. The van der Waals surface area contributed by atoms with E-state index in [0.29, 0.717) is 10.7 Å². The Morgan fingerprint density at radius 1 is 1.12 bits per heavy atom. The number of piperidine rings is 1. The third-order valence-corrected chi connectivity index (χ3v) is 7.57. The number of nitrogens with one attached hydrogen (secondary N) is 2. The predicted molar refractivity (Wildman–Crippen MR) is 126 cm³/mol. The number of methoxy groups -OCH3 is 1. The number of pyridine rings is 2. The Hall–Kier alpha value is -2.35. The number of rotatable bonds is 4. The summed E-state index contributed by atoms with van der Waals surface area (Å²) in [6.45, 7) is 3.01. The quantitative estimate of drug-likeness (QED) is 0.626. The van der Waals surface area contributed by atoms with Crippen molar-refractivity contribution in [3.05, 3.63) is 53.1 Å². The Morgan fingerprint density at radius 2 is 1.97 bits per heavy atom. The van der Waals surface area contributed by atoms with Crippen LogP contribution in [0.15, 0.2) is 36.5 Å². The predicted octanol–water partition coefficient (Wildman–Crippen LogP) is 3.89. The molecule has 32 heavy (non-hydrogen) atoms. The number of aromatic nitrogens is 3. The van der Waals surface area contributed by atoms with E-state index in [9.17, 15) is 0 Å². The third kappa shape index (κ3) is 3.43. The van der Waals surface area contributed by atoms with E-state index in [1.54, 1.807) is 7.11 Å². The van der Waals surface area contributed by atoms with Gasteiger partial charge in [0.2, 0.25) is 0 Å². The van der Waals surface area contributed by atoms with Crippen LogP contribution in [0.25, 0.3) is 5.65 Å². The number of hydrogen-bond donors (Lipinski definition) is 2. The first-order chi connectivity index (χ1) is 15.7. The zero-order valence-electron chi connectivity index (χ0n) is 18.4. The van der Waals surface area contributed by atoms with Gasteiger partial charge in [-0.1, -0.05) is 17.7 Å². The van der Waals surface area contributed by atoms with E-state index in [1.807, 2.05) is 18.3 Å². The molecule has 0 radical (unpaired) electrons. The van der Waals surface area contributed by atoms with Crippen molar-refractivity contribution in [2.45, 2.75) is 49.7 Å².